The van der Waals surface area contributed by atoms with Gasteiger partial charge in [0.25, 0.3) is 0 Å². The van der Waals surface area contributed by atoms with Crippen LogP contribution in [0.5, 0.6) is 0 Å². The molecule has 1 unspecified atom stereocenters. The van der Waals surface area contributed by atoms with Crippen LogP contribution in [0.25, 0.3) is 0 Å². The van der Waals surface area contributed by atoms with Crippen LogP contribution in [0.15, 0.2) is 24.5 Å². The Labute approximate surface area is 144 Å². The number of carbonyl (C=O) groups is 1. The van der Waals surface area contributed by atoms with Crippen molar-refractivity contribution in [3.05, 3.63) is 47.2 Å². The number of aromatic nitrogens is 2. The molecule has 2 heterocycles. The topological polar surface area (TPSA) is 95.3 Å². The summed E-state index contributed by atoms with van der Waals surface area (Å²) < 4.78 is 13.4. The summed E-state index contributed by atoms with van der Waals surface area (Å²) in [4.78, 5) is 21.1. The van der Waals surface area contributed by atoms with Gasteiger partial charge in [0.2, 0.25) is 11.7 Å². The summed E-state index contributed by atoms with van der Waals surface area (Å²) in [7, 11) is 0. The van der Waals surface area contributed by atoms with Gasteiger partial charge in [0.15, 0.2) is 0 Å². The molecule has 1 amide bonds. The van der Waals surface area contributed by atoms with Gasteiger partial charge in [0.1, 0.15) is 18.1 Å². The maximum atomic E-state index is 13.4. The molecule has 1 fully saturated rings. The molecule has 0 radical (unpaired) electrons. The molecular weight excluding hydrogens is 321 g/mol. The van der Waals surface area contributed by atoms with Crippen molar-refractivity contribution in [3.8, 4) is 0 Å². The van der Waals surface area contributed by atoms with Crippen LogP contribution in [0.4, 0.5) is 15.9 Å². The molecule has 1 aromatic carbocycles. The van der Waals surface area contributed by atoms with Crippen LogP contribution in [0, 0.1) is 11.2 Å². The van der Waals surface area contributed by atoms with Gasteiger partial charge in [-0.2, -0.15) is 4.98 Å². The first-order chi connectivity index (χ1) is 12.2. The number of hydrogen-bond donors (Lipinski definition) is 3. The molecular formula is C18H19FN5O+. The summed E-state index contributed by atoms with van der Waals surface area (Å²) in [6.07, 6.45) is 7.33. The molecule has 0 spiro atoms. The third-order valence-electron chi connectivity index (χ3n) is 5.00. The number of carbonyl (C=O) groups excluding carboxylic acids is 1. The van der Waals surface area contributed by atoms with Crippen molar-refractivity contribution in [3.63, 3.8) is 0 Å². The van der Waals surface area contributed by atoms with E-state index in [9.17, 15) is 9.18 Å². The van der Waals surface area contributed by atoms with Gasteiger partial charge in [0, 0.05) is 11.9 Å². The second-order valence-corrected chi connectivity index (χ2v) is 6.57. The predicted octanol–water partition coefficient (Wildman–Crippen LogP) is 1.83. The number of amides is 1. The minimum absolute atomic E-state index is 0.255. The molecule has 1 saturated carbocycles. The summed E-state index contributed by atoms with van der Waals surface area (Å²) in [5.41, 5.74) is 2.20. The fourth-order valence-electron chi connectivity index (χ4n) is 3.79. The normalized spacial score (nSPS) is 19.7. The third-order valence-corrected chi connectivity index (χ3v) is 5.00. The van der Waals surface area contributed by atoms with Gasteiger partial charge < -0.3 is 10.7 Å². The molecule has 6 nitrogen and oxygen atoms in total. The van der Waals surface area contributed by atoms with Crippen molar-refractivity contribution in [2.75, 3.05) is 5.32 Å². The van der Waals surface area contributed by atoms with Crippen LogP contribution >= 0.6 is 0 Å². The van der Waals surface area contributed by atoms with Gasteiger partial charge in [-0.25, -0.2) is 9.37 Å². The first kappa shape index (κ1) is 15.8. The molecule has 4 rings (SSSR count). The van der Waals surface area contributed by atoms with Crippen molar-refractivity contribution in [2.24, 2.45) is 0 Å². The lowest BCUT2D eigenvalue weighted by atomic mass is 9.94. The van der Waals surface area contributed by atoms with E-state index >= 15 is 0 Å². The standard InChI is InChI=1S/C18H18FN5O/c19-10-5-6-12-14(7-10)24-18(25)15(12)16-13(8-20)17(22-9-21-16)23-11-3-1-2-4-11/h5-9,11,15,20H,1-4H2,(H,24,25)(H,21,22,23)/p+1. The number of anilines is 1. The minimum Gasteiger partial charge on any atom is -0.325 e. The molecule has 7 heteroatoms. The SMILES string of the molecule is N=Cc1c([NH2+]C2CCCC2)ncnc1C1C(=O)Nc2cc(F)ccc21. The molecule has 0 bridgehead atoms. The number of fused-ring (bicyclic) bond motifs is 1. The monoisotopic (exact) mass is 340 g/mol. The van der Waals surface area contributed by atoms with E-state index in [1.165, 1.54) is 37.5 Å². The number of hydrogen-bond acceptors (Lipinski definition) is 4. The van der Waals surface area contributed by atoms with E-state index in [4.69, 9.17) is 5.41 Å². The molecule has 1 atom stereocenters. The van der Waals surface area contributed by atoms with Crippen molar-refractivity contribution in [2.45, 2.75) is 37.6 Å². The average molecular weight is 340 g/mol. The lowest BCUT2D eigenvalue weighted by Crippen LogP contribution is -2.84. The molecule has 1 aromatic heterocycles. The number of nitrogens with two attached hydrogens (primary N) is 1. The van der Waals surface area contributed by atoms with E-state index in [0.717, 1.165) is 12.8 Å². The van der Waals surface area contributed by atoms with Crippen molar-refractivity contribution in [1.29, 1.82) is 5.41 Å². The molecule has 2 aliphatic rings. The number of quaternary nitrogens is 1. The Morgan fingerprint density at radius 3 is 2.84 bits per heavy atom. The highest BCUT2D eigenvalue weighted by Crippen LogP contribution is 2.38. The first-order valence-electron chi connectivity index (χ1n) is 8.48. The lowest BCUT2D eigenvalue weighted by molar-refractivity contribution is -0.612. The van der Waals surface area contributed by atoms with Crippen LogP contribution in [0.1, 0.15) is 48.4 Å². The second-order valence-electron chi connectivity index (χ2n) is 6.57. The van der Waals surface area contributed by atoms with E-state index in [2.05, 4.69) is 20.6 Å². The molecule has 0 saturated heterocycles. The third kappa shape index (κ3) is 2.80. The molecule has 2 aromatic rings. The number of rotatable bonds is 4. The summed E-state index contributed by atoms with van der Waals surface area (Å²) in [5.74, 6) is -0.597. The maximum absolute atomic E-state index is 13.4. The second kappa shape index (κ2) is 6.33. The lowest BCUT2D eigenvalue weighted by Gasteiger charge is -2.14. The average Bonchev–Trinajstić information content (AvgIpc) is 3.21. The van der Waals surface area contributed by atoms with Crippen LogP contribution in [0.2, 0.25) is 0 Å². The highest BCUT2D eigenvalue weighted by Gasteiger charge is 2.36. The van der Waals surface area contributed by atoms with Gasteiger partial charge in [0.05, 0.1) is 17.3 Å². The summed E-state index contributed by atoms with van der Waals surface area (Å²) >= 11 is 0. The predicted molar refractivity (Wildman–Crippen MR) is 90.6 cm³/mol. The summed E-state index contributed by atoms with van der Waals surface area (Å²) in [6.45, 7) is 0. The number of nitrogens with one attached hydrogen (secondary N) is 2. The van der Waals surface area contributed by atoms with Gasteiger partial charge in [-0.3, -0.25) is 10.1 Å². The Morgan fingerprint density at radius 2 is 2.08 bits per heavy atom. The summed E-state index contributed by atoms with van der Waals surface area (Å²) in [6, 6.07) is 4.71. The fourth-order valence-corrected chi connectivity index (χ4v) is 3.79. The highest BCUT2D eigenvalue weighted by molar-refractivity contribution is 6.06. The smallest absolute Gasteiger partial charge is 0.238 e. The fraction of sp³-hybridized carbons (Fsp3) is 0.333. The van der Waals surface area contributed by atoms with Crippen LogP contribution in [-0.2, 0) is 4.79 Å². The maximum Gasteiger partial charge on any atom is 0.238 e. The first-order valence-corrected chi connectivity index (χ1v) is 8.48. The van der Waals surface area contributed by atoms with E-state index < -0.39 is 11.7 Å². The van der Waals surface area contributed by atoms with E-state index in [1.807, 2.05) is 0 Å². The molecule has 4 N–H and O–H groups in total. The highest BCUT2D eigenvalue weighted by atomic mass is 19.1. The molecule has 128 valence electrons. The zero-order valence-corrected chi connectivity index (χ0v) is 13.6. The Morgan fingerprint density at radius 1 is 1.28 bits per heavy atom. The Kier molecular flexibility index (Phi) is 4.01. The van der Waals surface area contributed by atoms with Crippen LogP contribution in [0.3, 0.4) is 0 Å². The number of benzene rings is 1. The van der Waals surface area contributed by atoms with Gasteiger partial charge >= 0.3 is 0 Å². The largest absolute Gasteiger partial charge is 0.325 e. The van der Waals surface area contributed by atoms with Crippen LogP contribution in [-0.4, -0.2) is 28.1 Å². The quantitative estimate of drug-likeness (QED) is 0.741. The van der Waals surface area contributed by atoms with Gasteiger partial charge in [-0.15, -0.1) is 0 Å². The Balaban J connectivity index is 1.75. The Hall–Kier alpha value is -2.67. The van der Waals surface area contributed by atoms with Gasteiger partial charge in [-0.05, 0) is 43.4 Å². The van der Waals surface area contributed by atoms with Crippen molar-refractivity contribution >= 4 is 23.6 Å². The van der Waals surface area contributed by atoms with Crippen LogP contribution < -0.4 is 10.6 Å². The summed E-state index contributed by atoms with van der Waals surface area (Å²) in [5, 5.41) is 12.6. The zero-order valence-electron chi connectivity index (χ0n) is 13.6. The van der Waals surface area contributed by atoms with Crippen molar-refractivity contribution in [1.82, 2.24) is 9.97 Å². The Bertz CT molecular complexity index is 847. The number of halogens is 1. The minimum atomic E-state index is -0.647. The van der Waals surface area contributed by atoms with E-state index in [1.54, 1.807) is 6.07 Å². The molecule has 1 aliphatic heterocycles. The zero-order chi connectivity index (χ0) is 17.4. The van der Waals surface area contributed by atoms with E-state index in [0.29, 0.717) is 34.4 Å². The molecule has 25 heavy (non-hydrogen) atoms. The molecule has 1 aliphatic carbocycles. The van der Waals surface area contributed by atoms with E-state index in [-0.39, 0.29) is 5.91 Å². The van der Waals surface area contributed by atoms with Crippen molar-refractivity contribution < 1.29 is 14.5 Å². The van der Waals surface area contributed by atoms with Gasteiger partial charge in [-0.1, -0.05) is 6.07 Å². The number of nitrogens with zero attached hydrogens (tertiary/aromatic N) is 2.